The first-order chi connectivity index (χ1) is 19.5. The van der Waals surface area contributed by atoms with Crippen molar-refractivity contribution < 1.29 is 9.53 Å². The maximum absolute atomic E-state index is 11.3. The van der Waals surface area contributed by atoms with Gasteiger partial charge >= 0.3 is 0 Å². The van der Waals surface area contributed by atoms with E-state index in [0.29, 0.717) is 24.0 Å². The van der Waals surface area contributed by atoms with E-state index in [1.165, 1.54) is 69.9 Å². The average Bonchev–Trinajstić information content (AvgIpc) is 3.22. The number of anilines is 1. The van der Waals surface area contributed by atoms with E-state index >= 15 is 0 Å². The van der Waals surface area contributed by atoms with Crippen molar-refractivity contribution in [1.29, 1.82) is 0 Å². The number of methoxy groups -OCH3 is 1. The van der Waals surface area contributed by atoms with Gasteiger partial charge in [0.2, 0.25) is 11.9 Å². The molecule has 40 heavy (non-hydrogen) atoms. The zero-order valence-electron chi connectivity index (χ0n) is 26.2. The second-order valence-corrected chi connectivity index (χ2v) is 12.3. The second-order valence-electron chi connectivity index (χ2n) is 12.3. The van der Waals surface area contributed by atoms with Crippen molar-refractivity contribution in [2.45, 2.75) is 122 Å². The second kappa shape index (κ2) is 17.9. The van der Waals surface area contributed by atoms with Gasteiger partial charge in [0.1, 0.15) is 6.61 Å². The summed E-state index contributed by atoms with van der Waals surface area (Å²) in [5, 5.41) is 2.89. The highest BCUT2D eigenvalue weighted by atomic mass is 16.5. The van der Waals surface area contributed by atoms with Crippen LogP contribution in [0.2, 0.25) is 0 Å². The van der Waals surface area contributed by atoms with Gasteiger partial charge in [0.05, 0.1) is 0 Å². The van der Waals surface area contributed by atoms with Crippen LogP contribution in [0, 0.1) is 0 Å². The summed E-state index contributed by atoms with van der Waals surface area (Å²) in [6.45, 7) is 12.5. The van der Waals surface area contributed by atoms with Crippen LogP contribution >= 0.6 is 0 Å². The van der Waals surface area contributed by atoms with Gasteiger partial charge < -0.3 is 19.9 Å². The Labute approximate surface area is 244 Å². The van der Waals surface area contributed by atoms with E-state index in [2.05, 4.69) is 60.2 Å². The number of nitrogens with one attached hydrogen (secondary N) is 1. The molecule has 2 bridgehead atoms. The van der Waals surface area contributed by atoms with Crippen molar-refractivity contribution in [3.8, 4) is 0 Å². The van der Waals surface area contributed by atoms with Crippen LogP contribution in [0.3, 0.4) is 0 Å². The van der Waals surface area contributed by atoms with E-state index in [-0.39, 0.29) is 12.5 Å². The maximum Gasteiger partial charge on any atom is 0.245 e. The van der Waals surface area contributed by atoms with Gasteiger partial charge in [0.15, 0.2) is 0 Å². The lowest BCUT2D eigenvalue weighted by Gasteiger charge is -2.43. The highest BCUT2D eigenvalue weighted by Gasteiger charge is 2.42. The molecule has 4 atom stereocenters. The fourth-order valence-electron chi connectivity index (χ4n) is 6.45. The summed E-state index contributed by atoms with van der Waals surface area (Å²) in [7, 11) is 3.81. The molecule has 3 rings (SSSR count). The number of hydrogen-bond acceptors (Lipinski definition) is 7. The van der Waals surface area contributed by atoms with Gasteiger partial charge in [-0.2, -0.15) is 0 Å². The van der Waals surface area contributed by atoms with E-state index < -0.39 is 0 Å². The third kappa shape index (κ3) is 10.3. The normalized spacial score (nSPS) is 20.7. The molecule has 1 aromatic heterocycles. The Balaban J connectivity index is 1.29. The Kier molecular flexibility index (Phi) is 14.7. The maximum atomic E-state index is 11.3. The van der Waals surface area contributed by atoms with E-state index in [0.717, 1.165) is 51.4 Å². The Morgan fingerprint density at radius 3 is 2.23 bits per heavy atom. The number of piperazine rings is 1. The molecule has 0 aliphatic carbocycles. The fourth-order valence-corrected chi connectivity index (χ4v) is 6.45. The van der Waals surface area contributed by atoms with Gasteiger partial charge in [-0.1, -0.05) is 46.0 Å². The van der Waals surface area contributed by atoms with Crippen molar-refractivity contribution in [2.24, 2.45) is 0 Å². The van der Waals surface area contributed by atoms with Crippen LogP contribution in [-0.4, -0.2) is 97.3 Å². The lowest BCUT2D eigenvalue weighted by molar-refractivity contribution is -0.124. The SMILES string of the molecule is CCC(CCN(C)CCCCCCCCCNC(=O)COC)c1cnc(N2C3CCC2CN(C(C)CC)C3)nc1. The summed E-state index contributed by atoms with van der Waals surface area (Å²) in [5.74, 6) is 1.45. The van der Waals surface area contributed by atoms with E-state index in [9.17, 15) is 4.79 Å². The summed E-state index contributed by atoms with van der Waals surface area (Å²) in [4.78, 5) is 28.9. The highest BCUT2D eigenvalue weighted by molar-refractivity contribution is 5.77. The number of amides is 1. The highest BCUT2D eigenvalue weighted by Crippen LogP contribution is 2.34. The largest absolute Gasteiger partial charge is 0.375 e. The summed E-state index contributed by atoms with van der Waals surface area (Å²) in [6.07, 6.45) is 18.9. The number of ether oxygens (including phenoxy) is 1. The zero-order valence-corrected chi connectivity index (χ0v) is 26.2. The summed E-state index contributed by atoms with van der Waals surface area (Å²) < 4.78 is 4.82. The number of carbonyl (C=O) groups is 1. The van der Waals surface area contributed by atoms with Crippen molar-refractivity contribution >= 4 is 11.9 Å². The molecular formula is C32H58N6O2. The minimum Gasteiger partial charge on any atom is -0.375 e. The number of likely N-dealkylation sites (tertiary alicyclic amines) is 1. The third-order valence-electron chi connectivity index (χ3n) is 9.25. The first-order valence-electron chi connectivity index (χ1n) is 16.2. The summed E-state index contributed by atoms with van der Waals surface area (Å²) in [5.41, 5.74) is 1.29. The Bertz CT molecular complexity index is 823. The lowest BCUT2D eigenvalue weighted by atomic mass is 9.95. The van der Waals surface area contributed by atoms with E-state index in [1.54, 1.807) is 7.11 Å². The molecule has 1 N–H and O–H groups in total. The molecule has 0 aromatic carbocycles. The average molecular weight is 559 g/mol. The Morgan fingerprint density at radius 2 is 1.62 bits per heavy atom. The van der Waals surface area contributed by atoms with Crippen LogP contribution in [-0.2, 0) is 9.53 Å². The molecule has 1 amide bonds. The first-order valence-corrected chi connectivity index (χ1v) is 16.2. The Hall–Kier alpha value is -1.77. The van der Waals surface area contributed by atoms with Crippen molar-refractivity contribution in [3.63, 3.8) is 0 Å². The molecule has 2 aliphatic heterocycles. The van der Waals surface area contributed by atoms with E-state index in [4.69, 9.17) is 14.7 Å². The molecule has 8 nitrogen and oxygen atoms in total. The summed E-state index contributed by atoms with van der Waals surface area (Å²) in [6, 6.07) is 1.80. The zero-order chi connectivity index (χ0) is 28.7. The molecular weight excluding hydrogens is 500 g/mol. The number of aromatic nitrogens is 2. The van der Waals surface area contributed by atoms with E-state index in [1.807, 2.05) is 0 Å². The molecule has 2 fully saturated rings. The van der Waals surface area contributed by atoms with Crippen LogP contribution in [0.4, 0.5) is 5.95 Å². The Morgan fingerprint density at radius 1 is 1.00 bits per heavy atom. The molecule has 2 saturated heterocycles. The standard InChI is InChI=1S/C32H58N6O2/c1-6-26(3)37-23-29-15-16-30(24-37)38(29)32-34-21-28(22-35-32)27(7-2)17-20-36(4)19-14-12-10-8-9-11-13-18-33-31(39)25-40-5/h21-22,26-27,29-30H,6-20,23-25H2,1-5H3,(H,33,39). The van der Waals surface area contributed by atoms with Crippen LogP contribution in [0.15, 0.2) is 12.4 Å². The van der Waals surface area contributed by atoms with Gasteiger partial charge in [-0.05, 0) is 83.5 Å². The molecule has 0 saturated carbocycles. The number of fused-ring (bicyclic) bond motifs is 2. The van der Waals surface area contributed by atoms with Gasteiger partial charge in [0.25, 0.3) is 0 Å². The monoisotopic (exact) mass is 558 g/mol. The van der Waals surface area contributed by atoms with Crippen LogP contribution < -0.4 is 10.2 Å². The number of nitrogens with zero attached hydrogens (tertiary/aromatic N) is 5. The van der Waals surface area contributed by atoms with Crippen LogP contribution in [0.5, 0.6) is 0 Å². The predicted molar refractivity (Wildman–Crippen MR) is 165 cm³/mol. The quantitative estimate of drug-likeness (QED) is 0.220. The van der Waals surface area contributed by atoms with Gasteiger partial charge in [-0.25, -0.2) is 9.97 Å². The smallest absolute Gasteiger partial charge is 0.245 e. The molecule has 3 heterocycles. The number of carbonyl (C=O) groups excluding carboxylic acids is 1. The first kappa shape index (κ1) is 32.7. The van der Waals surface area contributed by atoms with Crippen molar-refractivity contribution in [1.82, 2.24) is 25.1 Å². The topological polar surface area (TPSA) is 73.8 Å². The van der Waals surface area contributed by atoms with Gasteiger partial charge in [-0.15, -0.1) is 0 Å². The lowest BCUT2D eigenvalue weighted by Crippen LogP contribution is -2.56. The molecule has 0 radical (unpaired) electrons. The van der Waals surface area contributed by atoms with Crippen LogP contribution in [0.25, 0.3) is 0 Å². The minimum absolute atomic E-state index is 0.0173. The molecule has 8 heteroatoms. The van der Waals surface area contributed by atoms with Gasteiger partial charge in [-0.3, -0.25) is 9.69 Å². The predicted octanol–water partition coefficient (Wildman–Crippen LogP) is 5.24. The van der Waals surface area contributed by atoms with Crippen molar-refractivity contribution in [2.75, 3.05) is 58.4 Å². The van der Waals surface area contributed by atoms with Crippen molar-refractivity contribution in [3.05, 3.63) is 18.0 Å². The van der Waals surface area contributed by atoms with Crippen LogP contribution in [0.1, 0.15) is 109 Å². The van der Waals surface area contributed by atoms with Gasteiger partial charge in [0, 0.05) is 57.3 Å². The minimum atomic E-state index is -0.0173. The number of hydrogen-bond donors (Lipinski definition) is 1. The summed E-state index contributed by atoms with van der Waals surface area (Å²) >= 11 is 0. The molecule has 2 aliphatic rings. The molecule has 228 valence electrons. The number of unbranched alkanes of at least 4 members (excludes halogenated alkanes) is 6. The number of rotatable bonds is 20. The fraction of sp³-hybridized carbons (Fsp3) is 0.844. The molecule has 1 aromatic rings. The molecule has 4 unspecified atom stereocenters. The molecule has 0 spiro atoms. The third-order valence-corrected chi connectivity index (χ3v) is 9.25.